The van der Waals surface area contributed by atoms with Gasteiger partial charge in [0.25, 0.3) is 0 Å². The zero-order valence-corrected chi connectivity index (χ0v) is 5.88. The average Bonchev–Trinajstić information content (AvgIpc) is 1.41. The van der Waals surface area contributed by atoms with Crippen molar-refractivity contribution in [3.05, 3.63) is 0 Å². The summed E-state index contributed by atoms with van der Waals surface area (Å²) in [7, 11) is 0. The summed E-state index contributed by atoms with van der Waals surface area (Å²) in [6.07, 6.45) is 1.30. The molecule has 0 amide bonds. The number of rotatable bonds is 2. The Balaban J connectivity index is 2.19. The van der Waals surface area contributed by atoms with Gasteiger partial charge in [-0.1, -0.05) is 0 Å². The summed E-state index contributed by atoms with van der Waals surface area (Å²) in [5.41, 5.74) is 0. The van der Waals surface area contributed by atoms with Crippen LogP contribution in [0.2, 0.25) is 5.32 Å². The quantitative estimate of drug-likeness (QED) is 0.451. The standard InChI is InChI=1S/C3H8SSe/c1-2-3-5-4/h4H,2-3H2,1H3. The second-order valence-electron chi connectivity index (χ2n) is 0.833. The zero-order chi connectivity index (χ0) is 4.12. The van der Waals surface area contributed by atoms with Crippen LogP contribution in [-0.2, 0) is 0 Å². The van der Waals surface area contributed by atoms with Crippen LogP contribution in [0.5, 0.6) is 0 Å². The van der Waals surface area contributed by atoms with E-state index in [2.05, 4.69) is 18.0 Å². The Bertz CT molecular complexity index is 14.4. The molecule has 0 aliphatic rings. The molecule has 0 aliphatic heterocycles. The number of thiol groups is 1. The number of hydrogen-bond acceptors (Lipinski definition) is 1. The molecule has 0 aromatic rings. The molecule has 0 fully saturated rings. The van der Waals surface area contributed by atoms with Gasteiger partial charge in [0, 0.05) is 0 Å². The molecule has 0 heterocycles. The fourth-order valence-electron chi connectivity index (χ4n) is 0.0913. The van der Waals surface area contributed by atoms with Crippen LogP contribution in [0.25, 0.3) is 0 Å². The molecule has 0 rings (SSSR count). The van der Waals surface area contributed by atoms with Gasteiger partial charge in [-0.2, -0.15) is 0 Å². The average molecular weight is 155 g/mol. The van der Waals surface area contributed by atoms with Crippen molar-refractivity contribution in [2.45, 2.75) is 18.7 Å². The van der Waals surface area contributed by atoms with Crippen molar-refractivity contribution >= 4 is 24.9 Å². The molecule has 0 bridgehead atoms. The molecule has 0 aliphatic carbocycles. The molecule has 0 unspecified atom stereocenters. The summed E-state index contributed by atoms with van der Waals surface area (Å²) < 4.78 is 0. The van der Waals surface area contributed by atoms with Crippen molar-refractivity contribution in [1.29, 1.82) is 0 Å². The van der Waals surface area contributed by atoms with E-state index in [1.54, 1.807) is 0 Å². The van der Waals surface area contributed by atoms with Crippen molar-refractivity contribution in [1.82, 2.24) is 0 Å². The summed E-state index contributed by atoms with van der Waals surface area (Å²) in [6.45, 7) is 2.18. The predicted molar refractivity (Wildman–Crippen MR) is 29.8 cm³/mol. The summed E-state index contributed by atoms with van der Waals surface area (Å²) in [4.78, 5) is 0. The van der Waals surface area contributed by atoms with Crippen molar-refractivity contribution in [2.24, 2.45) is 0 Å². The molecule has 0 spiro atoms. The van der Waals surface area contributed by atoms with Gasteiger partial charge in [-0.15, -0.1) is 0 Å². The zero-order valence-electron chi connectivity index (χ0n) is 3.27. The summed E-state index contributed by atoms with van der Waals surface area (Å²) >= 11 is 4.68. The van der Waals surface area contributed by atoms with Crippen LogP contribution in [0.4, 0.5) is 0 Å². The first kappa shape index (κ1) is 5.87. The molecule has 0 nitrogen and oxygen atoms in total. The van der Waals surface area contributed by atoms with Crippen LogP contribution in [0.3, 0.4) is 0 Å². The molecule has 0 N–H and O–H groups in total. The first-order chi connectivity index (χ1) is 2.41. The van der Waals surface area contributed by atoms with E-state index in [9.17, 15) is 0 Å². The molecular weight excluding hydrogens is 147 g/mol. The van der Waals surface area contributed by atoms with E-state index in [-0.39, 0.29) is 0 Å². The minimum atomic E-state index is 0.620. The van der Waals surface area contributed by atoms with Gasteiger partial charge in [-0.25, -0.2) is 0 Å². The van der Waals surface area contributed by atoms with E-state index >= 15 is 0 Å². The van der Waals surface area contributed by atoms with Gasteiger partial charge in [0.1, 0.15) is 0 Å². The van der Waals surface area contributed by atoms with Gasteiger partial charge >= 0.3 is 43.5 Å². The number of hydrogen-bond donors (Lipinski definition) is 1. The molecule has 0 aromatic heterocycles. The third kappa shape index (κ3) is 4.87. The Kier molecular flexibility index (Phi) is 5.72. The Hall–Kier alpha value is 0.869. The van der Waals surface area contributed by atoms with Crippen molar-refractivity contribution in [3.8, 4) is 0 Å². The van der Waals surface area contributed by atoms with Crippen LogP contribution < -0.4 is 0 Å². The molecular formula is C3H8SSe. The first-order valence-electron chi connectivity index (χ1n) is 1.68. The third-order valence-corrected chi connectivity index (χ3v) is 2.48. The van der Waals surface area contributed by atoms with Crippen LogP contribution in [-0.4, -0.2) is 13.8 Å². The van der Waals surface area contributed by atoms with Crippen LogP contribution >= 0.6 is 11.0 Å². The van der Waals surface area contributed by atoms with E-state index in [1.165, 1.54) is 11.7 Å². The summed E-state index contributed by atoms with van der Waals surface area (Å²) in [6, 6.07) is 0. The Morgan fingerprint density at radius 3 is 2.40 bits per heavy atom. The van der Waals surface area contributed by atoms with Gasteiger partial charge in [0.05, 0.1) is 0 Å². The van der Waals surface area contributed by atoms with Crippen molar-refractivity contribution in [3.63, 3.8) is 0 Å². The minimum absolute atomic E-state index is 0.620. The third-order valence-electron chi connectivity index (χ3n) is 0.295. The fraction of sp³-hybridized carbons (Fsp3) is 1.00. The SMILES string of the molecule is CCC[Se]S. The second kappa shape index (κ2) is 4.87. The van der Waals surface area contributed by atoms with Gasteiger partial charge in [-0.3, -0.25) is 0 Å². The van der Waals surface area contributed by atoms with E-state index in [0.717, 1.165) is 0 Å². The molecule has 0 saturated carbocycles. The van der Waals surface area contributed by atoms with Gasteiger partial charge in [-0.05, 0) is 0 Å². The monoisotopic (exact) mass is 156 g/mol. The van der Waals surface area contributed by atoms with Crippen molar-refractivity contribution in [2.75, 3.05) is 0 Å². The Morgan fingerprint density at radius 2 is 2.40 bits per heavy atom. The second-order valence-corrected chi connectivity index (χ2v) is 3.57. The van der Waals surface area contributed by atoms with Gasteiger partial charge < -0.3 is 0 Å². The molecule has 0 radical (unpaired) electrons. The van der Waals surface area contributed by atoms with Gasteiger partial charge in [0.15, 0.2) is 0 Å². The van der Waals surface area contributed by atoms with Crippen molar-refractivity contribution < 1.29 is 0 Å². The molecule has 5 heavy (non-hydrogen) atoms. The van der Waals surface area contributed by atoms with Crippen LogP contribution in [0, 0.1) is 0 Å². The van der Waals surface area contributed by atoms with E-state index < -0.39 is 0 Å². The molecule has 0 atom stereocenters. The maximum absolute atomic E-state index is 4.06. The maximum atomic E-state index is 4.06. The fourth-order valence-corrected chi connectivity index (χ4v) is 1.42. The van der Waals surface area contributed by atoms with Crippen LogP contribution in [0.1, 0.15) is 13.3 Å². The Labute approximate surface area is 44.0 Å². The molecule has 0 aromatic carbocycles. The van der Waals surface area contributed by atoms with E-state index in [0.29, 0.717) is 13.8 Å². The first-order valence-corrected chi connectivity index (χ1v) is 5.55. The Morgan fingerprint density at radius 1 is 1.80 bits per heavy atom. The summed E-state index contributed by atoms with van der Waals surface area (Å²) in [5, 5.41) is 1.32. The molecule has 2 heteroatoms. The predicted octanol–water partition coefficient (Wildman–Crippen LogP) is 1.36. The topological polar surface area (TPSA) is 0 Å². The van der Waals surface area contributed by atoms with Crippen LogP contribution in [0.15, 0.2) is 0 Å². The summed E-state index contributed by atoms with van der Waals surface area (Å²) in [5.74, 6) is 0. The van der Waals surface area contributed by atoms with E-state index in [4.69, 9.17) is 0 Å². The normalized spacial score (nSPS) is 8.40. The van der Waals surface area contributed by atoms with E-state index in [1.807, 2.05) is 0 Å². The molecule has 32 valence electrons. The van der Waals surface area contributed by atoms with Gasteiger partial charge in [0.2, 0.25) is 0 Å². The molecule has 0 saturated heterocycles.